The topological polar surface area (TPSA) is 136 Å². The van der Waals surface area contributed by atoms with E-state index in [0.717, 1.165) is 16.3 Å². The fourth-order valence-corrected chi connectivity index (χ4v) is 2.92. The molecule has 11 heteroatoms. The van der Waals surface area contributed by atoms with Crippen molar-refractivity contribution in [2.45, 2.75) is 118 Å². The molecule has 1 aromatic heterocycles. The van der Waals surface area contributed by atoms with E-state index in [-0.39, 0.29) is 12.5 Å². The SMILES string of the molecule is C/C=C(\NC)C(=O)NCC(=O)OC.C1CCC1.C=Cc1ccc(SC)c(CNC(=O)OC(C)(C)C)n1.C=O.CC.CC.CCC. The molecule has 2 rings (SSSR count). The minimum absolute atomic E-state index is 0.117. The van der Waals surface area contributed by atoms with Crippen molar-refractivity contribution >= 4 is 42.6 Å². The van der Waals surface area contributed by atoms with E-state index in [2.05, 4.69) is 46.1 Å². The molecule has 0 spiro atoms. The van der Waals surface area contributed by atoms with Crippen LogP contribution in [-0.2, 0) is 30.4 Å². The average molecular weight is 657 g/mol. The first kappa shape index (κ1) is 51.2. The number of thioether (sulfide) groups is 1. The molecule has 0 saturated heterocycles. The lowest BCUT2D eigenvalue weighted by Gasteiger charge is -2.19. The lowest BCUT2D eigenvalue weighted by atomic mass is 10.0. The van der Waals surface area contributed by atoms with E-state index in [0.29, 0.717) is 12.2 Å². The molecule has 3 N–H and O–H groups in total. The number of methoxy groups -OCH3 is 1. The number of hydrogen-bond acceptors (Lipinski definition) is 9. The van der Waals surface area contributed by atoms with Gasteiger partial charge in [0.1, 0.15) is 18.9 Å². The van der Waals surface area contributed by atoms with Crippen molar-refractivity contribution in [3.8, 4) is 0 Å². The maximum atomic E-state index is 11.6. The number of rotatable bonds is 8. The molecule has 1 fully saturated rings. The molecular formula is C34H64N4O6S. The van der Waals surface area contributed by atoms with Crippen LogP contribution < -0.4 is 16.0 Å². The van der Waals surface area contributed by atoms with Crippen LogP contribution in [0.1, 0.15) is 113 Å². The van der Waals surface area contributed by atoms with Crippen LogP contribution in [-0.4, -0.2) is 62.3 Å². The minimum Gasteiger partial charge on any atom is -0.468 e. The highest BCUT2D eigenvalue weighted by Gasteiger charge is 2.16. The summed E-state index contributed by atoms with van der Waals surface area (Å²) in [4.78, 5) is 46.9. The monoisotopic (exact) mass is 656 g/mol. The lowest BCUT2D eigenvalue weighted by Crippen LogP contribution is -2.34. The summed E-state index contributed by atoms with van der Waals surface area (Å²) in [6.45, 7) is 25.4. The first-order chi connectivity index (χ1) is 21.4. The second kappa shape index (κ2) is 36.8. The third kappa shape index (κ3) is 33.4. The van der Waals surface area contributed by atoms with Crippen molar-refractivity contribution in [3.63, 3.8) is 0 Å². The Morgan fingerprint density at radius 1 is 1.00 bits per heavy atom. The largest absolute Gasteiger partial charge is 0.468 e. The fraction of sp³-hybridized carbons (Fsp3) is 0.618. The van der Waals surface area contributed by atoms with Crippen LogP contribution in [0.3, 0.4) is 0 Å². The third-order valence-corrected chi connectivity index (χ3v) is 5.42. The van der Waals surface area contributed by atoms with Gasteiger partial charge in [0.25, 0.3) is 5.91 Å². The Kier molecular flexibility index (Phi) is 42.0. The number of nitrogens with zero attached hydrogens (tertiary/aromatic N) is 1. The van der Waals surface area contributed by atoms with E-state index in [4.69, 9.17) is 9.53 Å². The first-order valence-corrected chi connectivity index (χ1v) is 16.8. The van der Waals surface area contributed by atoms with Crippen LogP contribution in [0.25, 0.3) is 6.08 Å². The molecule has 1 aliphatic rings. The van der Waals surface area contributed by atoms with E-state index in [1.807, 2.05) is 73.6 Å². The molecular weight excluding hydrogens is 592 g/mol. The molecule has 0 bridgehead atoms. The molecule has 262 valence electrons. The van der Waals surface area contributed by atoms with Gasteiger partial charge in [0.15, 0.2) is 0 Å². The normalized spacial score (nSPS) is 10.6. The van der Waals surface area contributed by atoms with Crippen LogP contribution in [0.15, 0.2) is 35.4 Å². The predicted octanol–water partition coefficient (Wildman–Crippen LogP) is 7.71. The van der Waals surface area contributed by atoms with Gasteiger partial charge in [-0.2, -0.15) is 0 Å². The lowest BCUT2D eigenvalue weighted by molar-refractivity contribution is -0.140. The van der Waals surface area contributed by atoms with Crippen molar-refractivity contribution in [3.05, 3.63) is 41.9 Å². The summed E-state index contributed by atoms with van der Waals surface area (Å²) >= 11 is 1.59. The average Bonchev–Trinajstić information content (AvgIpc) is 3.01. The summed E-state index contributed by atoms with van der Waals surface area (Å²) in [6.07, 6.45) is 12.1. The van der Waals surface area contributed by atoms with Gasteiger partial charge in [-0.15, -0.1) is 11.8 Å². The Morgan fingerprint density at radius 2 is 1.49 bits per heavy atom. The van der Waals surface area contributed by atoms with Gasteiger partial charge in [0.2, 0.25) is 0 Å². The third-order valence-electron chi connectivity index (χ3n) is 4.61. The van der Waals surface area contributed by atoms with Crippen molar-refractivity contribution < 1.29 is 28.7 Å². The first-order valence-electron chi connectivity index (χ1n) is 15.5. The molecule has 1 heterocycles. The molecule has 45 heavy (non-hydrogen) atoms. The summed E-state index contributed by atoms with van der Waals surface area (Å²) in [5.74, 6) is -0.796. The standard InChI is InChI=1S/C14H20N2O2S.C8H14N2O3.C4H8.C3H8.2C2H6.CH2O/c1-6-10-7-8-12(19-5)11(16-10)9-15-13(17)18-14(2,3)4;1-4-6(9-2)8(12)10-5-7(11)13-3;1-2-4-3-1;1-3-2;3*1-2/h6-8H,1,9H2,2-5H3,(H,15,17);4,9H,5H2,1-3H3,(H,10,12);1-4H2;3H2,1-2H3;2*1-2H3;1H2/b;6-4-;;;;;. The van der Waals surface area contributed by atoms with Crippen molar-refractivity contribution in [1.29, 1.82) is 0 Å². The highest BCUT2D eigenvalue weighted by molar-refractivity contribution is 7.98. The second-order valence-corrected chi connectivity index (χ2v) is 10.1. The number of ether oxygens (including phenoxy) is 2. The molecule has 0 aromatic carbocycles. The number of carbonyl (C=O) groups excluding carboxylic acids is 4. The van der Waals surface area contributed by atoms with Crippen LogP contribution in [0.5, 0.6) is 0 Å². The van der Waals surface area contributed by atoms with Gasteiger partial charge in [-0.1, -0.05) is 86.3 Å². The van der Waals surface area contributed by atoms with Crippen LogP contribution in [0.2, 0.25) is 0 Å². The van der Waals surface area contributed by atoms with Crippen LogP contribution in [0.4, 0.5) is 4.79 Å². The van der Waals surface area contributed by atoms with Gasteiger partial charge < -0.3 is 30.2 Å². The zero-order chi connectivity index (χ0) is 36.3. The zero-order valence-electron chi connectivity index (χ0n) is 30.5. The maximum Gasteiger partial charge on any atom is 0.407 e. The molecule has 2 amide bonds. The molecule has 0 radical (unpaired) electrons. The number of pyridine rings is 1. The minimum atomic E-state index is -0.497. The number of allylic oxidation sites excluding steroid dienone is 1. The maximum absolute atomic E-state index is 11.6. The molecule has 1 saturated carbocycles. The highest BCUT2D eigenvalue weighted by Crippen LogP contribution is 2.19. The number of nitrogens with one attached hydrogen (secondary N) is 3. The number of alkyl carbamates (subject to hydrolysis) is 1. The van der Waals surface area contributed by atoms with Gasteiger partial charge in [-0.25, -0.2) is 4.79 Å². The van der Waals surface area contributed by atoms with Gasteiger partial charge in [0.05, 0.1) is 30.7 Å². The summed E-state index contributed by atoms with van der Waals surface area (Å²) < 4.78 is 9.54. The number of hydrogen-bond donors (Lipinski definition) is 3. The fourth-order valence-electron chi connectivity index (χ4n) is 2.36. The van der Waals surface area contributed by atoms with Gasteiger partial charge in [0, 0.05) is 11.9 Å². The number of amides is 2. The smallest absolute Gasteiger partial charge is 0.407 e. The Hall–Kier alpha value is -3.34. The van der Waals surface area contributed by atoms with Gasteiger partial charge in [-0.3, -0.25) is 14.6 Å². The van der Waals surface area contributed by atoms with E-state index in [9.17, 15) is 14.4 Å². The Labute approximate surface area is 279 Å². The van der Waals surface area contributed by atoms with E-state index >= 15 is 0 Å². The Bertz CT molecular complexity index is 910. The van der Waals surface area contributed by atoms with Gasteiger partial charge >= 0.3 is 12.1 Å². The zero-order valence-corrected chi connectivity index (χ0v) is 31.3. The Morgan fingerprint density at radius 3 is 1.82 bits per heavy atom. The molecule has 1 aromatic rings. The summed E-state index contributed by atoms with van der Waals surface area (Å²) in [6, 6.07) is 3.87. The second-order valence-electron chi connectivity index (χ2n) is 9.28. The van der Waals surface area contributed by atoms with E-state index in [1.165, 1.54) is 39.2 Å². The van der Waals surface area contributed by atoms with E-state index in [1.54, 1.807) is 37.9 Å². The Balaban J connectivity index is -0.000000176. The van der Waals surface area contributed by atoms with Crippen molar-refractivity contribution in [1.82, 2.24) is 20.9 Å². The van der Waals surface area contributed by atoms with Crippen molar-refractivity contribution in [2.24, 2.45) is 0 Å². The molecule has 10 nitrogen and oxygen atoms in total. The predicted molar refractivity (Wildman–Crippen MR) is 191 cm³/mol. The summed E-state index contributed by atoms with van der Waals surface area (Å²) in [7, 11) is 2.90. The molecule has 0 aliphatic heterocycles. The molecule has 0 atom stereocenters. The highest BCUT2D eigenvalue weighted by atomic mass is 32.2. The summed E-state index contributed by atoms with van der Waals surface area (Å²) in [5, 5.41) is 7.79. The van der Waals surface area contributed by atoms with Crippen LogP contribution >= 0.6 is 11.8 Å². The molecule has 1 aliphatic carbocycles. The van der Waals surface area contributed by atoms with E-state index < -0.39 is 17.7 Å². The quantitative estimate of drug-likeness (QED) is 0.146. The number of aromatic nitrogens is 1. The van der Waals surface area contributed by atoms with Crippen molar-refractivity contribution in [2.75, 3.05) is 27.0 Å². The number of likely N-dealkylation sites (N-methyl/N-ethyl adjacent to an activating group) is 1. The summed E-state index contributed by atoms with van der Waals surface area (Å²) in [5.41, 5.74) is 1.53. The number of carbonyl (C=O) groups is 4. The van der Waals surface area contributed by atoms with Gasteiger partial charge in [-0.05, 0) is 52.2 Å². The number of esters is 1. The van der Waals surface area contributed by atoms with Crippen LogP contribution in [0, 0.1) is 0 Å². The molecule has 0 unspecified atom stereocenters.